The first-order valence-corrected chi connectivity index (χ1v) is 9.14. The van der Waals surface area contributed by atoms with Crippen molar-refractivity contribution in [2.75, 3.05) is 19.6 Å². The van der Waals surface area contributed by atoms with Gasteiger partial charge >= 0.3 is 0 Å². The molecule has 2 heterocycles. The Morgan fingerprint density at radius 3 is 2.52 bits per heavy atom. The van der Waals surface area contributed by atoms with E-state index in [0.29, 0.717) is 18.9 Å². The molecule has 0 spiro atoms. The monoisotopic (exact) mass is 348 g/mol. The first kappa shape index (κ1) is 19.5. The van der Waals surface area contributed by atoms with Gasteiger partial charge in [-0.25, -0.2) is 0 Å². The zero-order valence-electron chi connectivity index (χ0n) is 16.5. The lowest BCUT2D eigenvalue weighted by molar-refractivity contribution is -0.132. The third kappa shape index (κ3) is 4.83. The molecule has 140 valence electrons. The molecule has 1 saturated heterocycles. The quantitative estimate of drug-likeness (QED) is 0.905. The van der Waals surface area contributed by atoms with Crippen LogP contribution in [0.4, 0.5) is 0 Å². The van der Waals surface area contributed by atoms with Crippen LogP contribution in [0.25, 0.3) is 0 Å². The van der Waals surface area contributed by atoms with Gasteiger partial charge in [-0.05, 0) is 32.6 Å². The molecule has 6 nitrogen and oxygen atoms in total. The normalized spacial score (nSPS) is 18.3. The molecule has 1 aromatic rings. The molecule has 0 radical (unpaired) electrons. The van der Waals surface area contributed by atoms with Crippen molar-refractivity contribution in [3.8, 4) is 0 Å². The number of piperidine rings is 1. The van der Waals surface area contributed by atoms with E-state index in [4.69, 9.17) is 0 Å². The number of carbonyl (C=O) groups is 2. The Kier molecular flexibility index (Phi) is 5.91. The lowest BCUT2D eigenvalue weighted by Crippen LogP contribution is -2.45. The van der Waals surface area contributed by atoms with Crippen molar-refractivity contribution < 1.29 is 9.59 Å². The summed E-state index contributed by atoms with van der Waals surface area (Å²) in [5, 5.41) is 7.43. The van der Waals surface area contributed by atoms with Crippen molar-refractivity contribution in [1.29, 1.82) is 0 Å². The van der Waals surface area contributed by atoms with E-state index in [0.717, 1.165) is 42.9 Å². The van der Waals surface area contributed by atoms with E-state index in [2.05, 4.69) is 10.4 Å². The first-order chi connectivity index (χ1) is 11.6. The number of likely N-dealkylation sites (tertiary alicyclic amines) is 1. The molecule has 1 aliphatic rings. The molecule has 0 saturated carbocycles. The lowest BCUT2D eigenvalue weighted by Gasteiger charge is -2.33. The number of amides is 2. The van der Waals surface area contributed by atoms with Gasteiger partial charge in [-0.3, -0.25) is 14.3 Å². The molecule has 2 rings (SSSR count). The summed E-state index contributed by atoms with van der Waals surface area (Å²) in [6.07, 6.45) is 2.46. The summed E-state index contributed by atoms with van der Waals surface area (Å²) in [5.74, 6) is 0.559. The van der Waals surface area contributed by atoms with Crippen LogP contribution in [-0.2, 0) is 23.1 Å². The molecule has 0 bridgehead atoms. The molecule has 1 unspecified atom stereocenters. The second kappa shape index (κ2) is 7.58. The fourth-order valence-electron chi connectivity index (χ4n) is 3.30. The van der Waals surface area contributed by atoms with Crippen molar-refractivity contribution in [1.82, 2.24) is 20.0 Å². The van der Waals surface area contributed by atoms with Gasteiger partial charge in [0.2, 0.25) is 11.8 Å². The fraction of sp³-hybridized carbons (Fsp3) is 0.737. The second-order valence-corrected chi connectivity index (χ2v) is 8.26. The molecule has 25 heavy (non-hydrogen) atoms. The summed E-state index contributed by atoms with van der Waals surface area (Å²) in [5.41, 5.74) is 2.64. The summed E-state index contributed by atoms with van der Waals surface area (Å²) >= 11 is 0. The van der Waals surface area contributed by atoms with Crippen LogP contribution in [-0.4, -0.2) is 46.1 Å². The van der Waals surface area contributed by atoms with Crippen molar-refractivity contribution in [3.63, 3.8) is 0 Å². The van der Waals surface area contributed by atoms with E-state index in [1.807, 2.05) is 51.2 Å². The van der Waals surface area contributed by atoms with E-state index >= 15 is 0 Å². The standard InChI is InChI=1S/C19H32N4O2/c1-13-16(14(2)22(6)21-13)10-17(24)23-9-7-8-15(12-23)11-20-18(25)19(3,4)5/h15H,7-12H2,1-6H3,(H,20,25). The number of hydrogen-bond donors (Lipinski definition) is 1. The molecule has 1 aliphatic heterocycles. The topological polar surface area (TPSA) is 67.2 Å². The summed E-state index contributed by atoms with van der Waals surface area (Å²) in [6, 6.07) is 0. The number of aromatic nitrogens is 2. The van der Waals surface area contributed by atoms with Gasteiger partial charge in [0.25, 0.3) is 0 Å². The average molecular weight is 348 g/mol. The molecular weight excluding hydrogens is 316 g/mol. The maximum atomic E-state index is 12.7. The second-order valence-electron chi connectivity index (χ2n) is 8.26. The van der Waals surface area contributed by atoms with E-state index < -0.39 is 0 Å². The Labute approximate surface area is 151 Å². The molecule has 0 aliphatic carbocycles. The highest BCUT2D eigenvalue weighted by Gasteiger charge is 2.27. The lowest BCUT2D eigenvalue weighted by atomic mass is 9.93. The molecule has 1 N–H and O–H groups in total. The highest BCUT2D eigenvalue weighted by molar-refractivity contribution is 5.81. The summed E-state index contributed by atoms with van der Waals surface area (Å²) in [7, 11) is 1.91. The zero-order valence-corrected chi connectivity index (χ0v) is 16.5. The minimum Gasteiger partial charge on any atom is -0.355 e. The molecule has 0 aromatic carbocycles. The summed E-state index contributed by atoms with van der Waals surface area (Å²) < 4.78 is 1.83. The van der Waals surface area contributed by atoms with Crippen molar-refractivity contribution in [3.05, 3.63) is 17.0 Å². The molecule has 1 atom stereocenters. The van der Waals surface area contributed by atoms with Gasteiger partial charge in [0.15, 0.2) is 0 Å². The van der Waals surface area contributed by atoms with Crippen LogP contribution >= 0.6 is 0 Å². The van der Waals surface area contributed by atoms with E-state index in [1.165, 1.54) is 0 Å². The predicted octanol–water partition coefficient (Wildman–Crippen LogP) is 1.98. The number of rotatable bonds is 4. The smallest absolute Gasteiger partial charge is 0.227 e. The van der Waals surface area contributed by atoms with Gasteiger partial charge < -0.3 is 10.2 Å². The van der Waals surface area contributed by atoms with Gasteiger partial charge in [-0.1, -0.05) is 20.8 Å². The van der Waals surface area contributed by atoms with Crippen molar-refractivity contribution >= 4 is 11.8 Å². The Morgan fingerprint density at radius 2 is 1.96 bits per heavy atom. The van der Waals surface area contributed by atoms with Crippen molar-refractivity contribution in [2.24, 2.45) is 18.4 Å². The number of carbonyl (C=O) groups excluding carboxylic acids is 2. The minimum atomic E-state index is -0.375. The fourth-order valence-corrected chi connectivity index (χ4v) is 3.30. The number of nitrogens with zero attached hydrogens (tertiary/aromatic N) is 3. The van der Waals surface area contributed by atoms with Crippen LogP contribution < -0.4 is 5.32 Å². The summed E-state index contributed by atoms with van der Waals surface area (Å²) in [6.45, 7) is 11.9. The third-order valence-electron chi connectivity index (χ3n) is 5.09. The average Bonchev–Trinajstić information content (AvgIpc) is 2.78. The van der Waals surface area contributed by atoms with Gasteiger partial charge in [0.1, 0.15) is 0 Å². The molecule has 6 heteroatoms. The Hall–Kier alpha value is -1.85. The van der Waals surface area contributed by atoms with Gasteiger partial charge in [0.05, 0.1) is 12.1 Å². The van der Waals surface area contributed by atoms with Crippen LogP contribution in [0.3, 0.4) is 0 Å². The van der Waals surface area contributed by atoms with E-state index in [1.54, 1.807) is 0 Å². The van der Waals surface area contributed by atoms with Gasteiger partial charge in [-0.2, -0.15) is 5.10 Å². The van der Waals surface area contributed by atoms with Crippen LogP contribution in [0.1, 0.15) is 50.6 Å². The Bertz CT molecular complexity index is 643. The number of aryl methyl sites for hydroxylation is 2. The van der Waals surface area contributed by atoms with Crippen LogP contribution in [0, 0.1) is 25.2 Å². The van der Waals surface area contributed by atoms with Crippen molar-refractivity contribution in [2.45, 2.75) is 53.9 Å². The molecule has 1 aromatic heterocycles. The highest BCUT2D eigenvalue weighted by atomic mass is 16.2. The van der Waals surface area contributed by atoms with Crippen LogP contribution in [0.2, 0.25) is 0 Å². The van der Waals surface area contributed by atoms with Crippen LogP contribution in [0.15, 0.2) is 0 Å². The highest BCUT2D eigenvalue weighted by Crippen LogP contribution is 2.20. The predicted molar refractivity (Wildman–Crippen MR) is 98.2 cm³/mol. The maximum absolute atomic E-state index is 12.7. The number of hydrogen-bond acceptors (Lipinski definition) is 3. The first-order valence-electron chi connectivity index (χ1n) is 9.14. The van der Waals surface area contributed by atoms with Crippen LogP contribution in [0.5, 0.6) is 0 Å². The van der Waals surface area contributed by atoms with E-state index in [-0.39, 0.29) is 17.2 Å². The van der Waals surface area contributed by atoms with Gasteiger partial charge in [-0.15, -0.1) is 0 Å². The zero-order chi connectivity index (χ0) is 18.8. The largest absolute Gasteiger partial charge is 0.355 e. The third-order valence-corrected chi connectivity index (χ3v) is 5.09. The molecule has 2 amide bonds. The number of nitrogens with one attached hydrogen (secondary N) is 1. The maximum Gasteiger partial charge on any atom is 0.227 e. The molecule has 1 fully saturated rings. The Morgan fingerprint density at radius 1 is 1.28 bits per heavy atom. The SMILES string of the molecule is Cc1nn(C)c(C)c1CC(=O)N1CCCC(CNC(=O)C(C)(C)C)C1. The Balaban J connectivity index is 1.92. The summed E-state index contributed by atoms with van der Waals surface area (Å²) in [4.78, 5) is 26.7. The molecular formula is C19H32N4O2. The van der Waals surface area contributed by atoms with E-state index in [9.17, 15) is 9.59 Å². The minimum absolute atomic E-state index is 0.0672. The van der Waals surface area contributed by atoms with Gasteiger partial charge in [0, 0.05) is 43.4 Å².